The van der Waals surface area contributed by atoms with Crippen molar-refractivity contribution in [3.8, 4) is 5.75 Å². The normalized spacial score (nSPS) is 10.4. The molecule has 0 bridgehead atoms. The second-order valence-corrected chi connectivity index (χ2v) is 5.73. The van der Waals surface area contributed by atoms with Crippen molar-refractivity contribution in [2.24, 2.45) is 0 Å². The molecule has 0 aliphatic heterocycles. The van der Waals surface area contributed by atoms with Gasteiger partial charge in [0.25, 0.3) is 0 Å². The molecule has 0 aliphatic rings. The first kappa shape index (κ1) is 18.5. The molecule has 134 valence electrons. The number of aromatic nitrogens is 1. The molecule has 0 fully saturated rings. The standard InChI is InChI=1S/C18H23N3O4/c1-13-12-17(20-25-13)19-18(23)9-11-21(14(2)22)10-8-15-4-6-16(24-3)7-5-15/h4-7,12H,8-11H2,1-3H3,(H,19,20,23). The van der Waals surface area contributed by atoms with E-state index < -0.39 is 0 Å². The Labute approximate surface area is 146 Å². The van der Waals surface area contributed by atoms with Crippen LogP contribution in [0.5, 0.6) is 5.75 Å². The molecule has 1 heterocycles. The number of carbonyl (C=O) groups is 2. The Morgan fingerprint density at radius 2 is 1.96 bits per heavy atom. The van der Waals surface area contributed by atoms with Gasteiger partial charge in [-0.3, -0.25) is 9.59 Å². The smallest absolute Gasteiger partial charge is 0.227 e. The Morgan fingerprint density at radius 1 is 1.24 bits per heavy atom. The number of amides is 2. The fourth-order valence-corrected chi connectivity index (χ4v) is 2.35. The van der Waals surface area contributed by atoms with Crippen LogP contribution in [0.25, 0.3) is 0 Å². The molecule has 0 saturated heterocycles. The maximum atomic E-state index is 11.9. The summed E-state index contributed by atoms with van der Waals surface area (Å²) < 4.78 is 10.0. The van der Waals surface area contributed by atoms with E-state index in [1.54, 1.807) is 25.0 Å². The molecule has 7 nitrogen and oxygen atoms in total. The van der Waals surface area contributed by atoms with Crippen molar-refractivity contribution in [2.75, 3.05) is 25.5 Å². The van der Waals surface area contributed by atoms with Gasteiger partial charge in [-0.2, -0.15) is 0 Å². The molecule has 1 aromatic carbocycles. The molecule has 0 aliphatic carbocycles. The number of anilines is 1. The molecule has 0 atom stereocenters. The second-order valence-electron chi connectivity index (χ2n) is 5.73. The number of benzene rings is 1. The molecule has 0 radical (unpaired) electrons. The lowest BCUT2D eigenvalue weighted by molar-refractivity contribution is -0.129. The average molecular weight is 345 g/mol. The molecule has 2 amide bonds. The second kappa shape index (κ2) is 8.86. The topological polar surface area (TPSA) is 84.7 Å². The number of hydrogen-bond acceptors (Lipinski definition) is 5. The highest BCUT2D eigenvalue weighted by Gasteiger charge is 2.12. The average Bonchev–Trinajstić information content (AvgIpc) is 2.99. The van der Waals surface area contributed by atoms with E-state index in [2.05, 4.69) is 10.5 Å². The van der Waals surface area contributed by atoms with Gasteiger partial charge in [-0.25, -0.2) is 0 Å². The number of methoxy groups -OCH3 is 1. The molecule has 25 heavy (non-hydrogen) atoms. The molecule has 0 saturated carbocycles. The fraction of sp³-hybridized carbons (Fsp3) is 0.389. The molecule has 2 rings (SSSR count). The highest BCUT2D eigenvalue weighted by atomic mass is 16.5. The minimum atomic E-state index is -0.205. The van der Waals surface area contributed by atoms with Crippen LogP contribution in [0.15, 0.2) is 34.9 Å². The molecule has 7 heteroatoms. The summed E-state index contributed by atoms with van der Waals surface area (Å²) in [6.45, 7) is 4.17. The van der Waals surface area contributed by atoms with Crippen molar-refractivity contribution in [3.05, 3.63) is 41.7 Å². The number of rotatable bonds is 8. The summed E-state index contributed by atoms with van der Waals surface area (Å²) in [4.78, 5) is 25.4. The van der Waals surface area contributed by atoms with Crippen molar-refractivity contribution in [1.82, 2.24) is 10.1 Å². The molecule has 1 aromatic heterocycles. The lowest BCUT2D eigenvalue weighted by Crippen LogP contribution is -2.33. The molecular formula is C18H23N3O4. The van der Waals surface area contributed by atoms with E-state index in [9.17, 15) is 9.59 Å². The Morgan fingerprint density at radius 3 is 2.52 bits per heavy atom. The van der Waals surface area contributed by atoms with E-state index in [1.807, 2.05) is 24.3 Å². The SMILES string of the molecule is COc1ccc(CCN(CCC(=O)Nc2cc(C)on2)C(C)=O)cc1. The van der Waals surface area contributed by atoms with Crippen LogP contribution in [0, 0.1) is 6.92 Å². The van der Waals surface area contributed by atoms with Crippen LogP contribution >= 0.6 is 0 Å². The van der Waals surface area contributed by atoms with Crippen LogP contribution in [0.2, 0.25) is 0 Å². The summed E-state index contributed by atoms with van der Waals surface area (Å²) in [5, 5.41) is 6.36. The summed E-state index contributed by atoms with van der Waals surface area (Å²) in [7, 11) is 1.62. The zero-order valence-corrected chi connectivity index (χ0v) is 14.7. The lowest BCUT2D eigenvalue weighted by Gasteiger charge is -2.20. The molecule has 1 N–H and O–H groups in total. The maximum absolute atomic E-state index is 11.9. The molecule has 0 spiro atoms. The predicted molar refractivity (Wildman–Crippen MR) is 93.4 cm³/mol. The molecule has 0 unspecified atom stereocenters. The number of nitrogens with zero attached hydrogens (tertiary/aromatic N) is 2. The van der Waals surface area contributed by atoms with Gasteiger partial charge < -0.3 is 19.5 Å². The van der Waals surface area contributed by atoms with Crippen molar-refractivity contribution >= 4 is 17.6 Å². The third-order valence-corrected chi connectivity index (χ3v) is 3.78. The largest absolute Gasteiger partial charge is 0.497 e. The first-order valence-electron chi connectivity index (χ1n) is 8.09. The third-order valence-electron chi connectivity index (χ3n) is 3.78. The number of nitrogens with one attached hydrogen (secondary N) is 1. The Kier molecular flexibility index (Phi) is 6.56. The van der Waals surface area contributed by atoms with Gasteiger partial charge >= 0.3 is 0 Å². The van der Waals surface area contributed by atoms with Crippen molar-refractivity contribution < 1.29 is 18.8 Å². The Bertz CT molecular complexity index is 709. The quantitative estimate of drug-likeness (QED) is 0.794. The van der Waals surface area contributed by atoms with Crippen molar-refractivity contribution in [1.29, 1.82) is 0 Å². The van der Waals surface area contributed by atoms with E-state index >= 15 is 0 Å². The number of ether oxygens (including phenoxy) is 1. The van der Waals surface area contributed by atoms with Crippen LogP contribution in [0.4, 0.5) is 5.82 Å². The van der Waals surface area contributed by atoms with Gasteiger partial charge in [0.1, 0.15) is 11.5 Å². The number of hydrogen-bond donors (Lipinski definition) is 1. The number of carbonyl (C=O) groups excluding carboxylic acids is 2. The van der Waals surface area contributed by atoms with E-state index in [1.165, 1.54) is 6.92 Å². The van der Waals surface area contributed by atoms with Crippen LogP contribution in [0.1, 0.15) is 24.7 Å². The van der Waals surface area contributed by atoms with Gasteiger partial charge in [-0.15, -0.1) is 0 Å². The van der Waals surface area contributed by atoms with E-state index in [4.69, 9.17) is 9.26 Å². The summed E-state index contributed by atoms with van der Waals surface area (Å²) >= 11 is 0. The summed E-state index contributed by atoms with van der Waals surface area (Å²) in [6.07, 6.45) is 0.918. The highest BCUT2D eigenvalue weighted by Crippen LogP contribution is 2.12. The van der Waals surface area contributed by atoms with Crippen LogP contribution in [-0.4, -0.2) is 42.1 Å². The summed E-state index contributed by atoms with van der Waals surface area (Å²) in [5.41, 5.74) is 1.11. The Hall–Kier alpha value is -2.83. The lowest BCUT2D eigenvalue weighted by atomic mass is 10.1. The van der Waals surface area contributed by atoms with E-state index in [-0.39, 0.29) is 18.2 Å². The van der Waals surface area contributed by atoms with Crippen LogP contribution < -0.4 is 10.1 Å². The zero-order chi connectivity index (χ0) is 18.2. The summed E-state index contributed by atoms with van der Waals surface area (Å²) in [5.74, 6) is 1.55. The maximum Gasteiger partial charge on any atom is 0.227 e. The van der Waals surface area contributed by atoms with Gasteiger partial charge in [0, 0.05) is 32.5 Å². The monoisotopic (exact) mass is 345 g/mol. The zero-order valence-electron chi connectivity index (χ0n) is 14.7. The highest BCUT2D eigenvalue weighted by molar-refractivity contribution is 5.90. The van der Waals surface area contributed by atoms with E-state index in [0.717, 1.165) is 11.3 Å². The van der Waals surface area contributed by atoms with Gasteiger partial charge in [0.2, 0.25) is 11.8 Å². The predicted octanol–water partition coefficient (Wildman–Crippen LogP) is 2.41. The van der Waals surface area contributed by atoms with Crippen LogP contribution in [-0.2, 0) is 16.0 Å². The molecule has 2 aromatic rings. The van der Waals surface area contributed by atoms with Gasteiger partial charge in [0.15, 0.2) is 5.82 Å². The van der Waals surface area contributed by atoms with Gasteiger partial charge in [-0.1, -0.05) is 17.3 Å². The van der Waals surface area contributed by atoms with Crippen LogP contribution in [0.3, 0.4) is 0 Å². The van der Waals surface area contributed by atoms with Gasteiger partial charge in [0.05, 0.1) is 7.11 Å². The van der Waals surface area contributed by atoms with Crippen molar-refractivity contribution in [2.45, 2.75) is 26.7 Å². The Balaban J connectivity index is 1.81. The first-order valence-corrected chi connectivity index (χ1v) is 8.09. The summed E-state index contributed by atoms with van der Waals surface area (Å²) in [6, 6.07) is 9.36. The minimum absolute atomic E-state index is 0.0569. The minimum Gasteiger partial charge on any atom is -0.497 e. The number of aryl methyl sites for hydroxylation is 1. The molecular weight excluding hydrogens is 322 g/mol. The first-order chi connectivity index (χ1) is 12.0. The fourth-order valence-electron chi connectivity index (χ4n) is 2.35. The van der Waals surface area contributed by atoms with Crippen molar-refractivity contribution in [3.63, 3.8) is 0 Å². The van der Waals surface area contributed by atoms with Gasteiger partial charge in [-0.05, 0) is 31.0 Å². The third kappa shape index (κ3) is 5.95. The van der Waals surface area contributed by atoms with E-state index in [0.29, 0.717) is 31.1 Å².